The highest BCUT2D eigenvalue weighted by atomic mass is 35.5. The summed E-state index contributed by atoms with van der Waals surface area (Å²) < 4.78 is 1.58. The third-order valence-electron chi connectivity index (χ3n) is 2.43. The van der Waals surface area contributed by atoms with Gasteiger partial charge in [0, 0.05) is 5.39 Å². The van der Waals surface area contributed by atoms with Crippen molar-refractivity contribution in [2.24, 2.45) is 0 Å². The first-order chi connectivity index (χ1) is 8.66. The maximum Gasteiger partial charge on any atom is 0.349 e. The maximum atomic E-state index is 10.9. The second kappa shape index (κ2) is 4.08. The van der Waals surface area contributed by atoms with E-state index in [1.165, 1.54) is 0 Å². The van der Waals surface area contributed by atoms with Crippen LogP contribution in [0.4, 0.5) is 0 Å². The number of hydrogen-bond acceptors (Lipinski definition) is 4. The van der Waals surface area contributed by atoms with Crippen LogP contribution in [0.15, 0.2) is 30.5 Å². The molecule has 2 aromatic heterocycles. The van der Waals surface area contributed by atoms with Gasteiger partial charge in [-0.15, -0.1) is 0 Å². The molecule has 1 aromatic carbocycles. The number of fused-ring (bicyclic) bond motifs is 1. The molecular formula is C11H6ClN3O2S. The first-order valence-corrected chi connectivity index (χ1v) is 6.19. The lowest BCUT2D eigenvalue weighted by atomic mass is 10.3. The summed E-state index contributed by atoms with van der Waals surface area (Å²) in [6.45, 7) is 0. The van der Waals surface area contributed by atoms with Crippen molar-refractivity contribution in [1.82, 2.24) is 14.8 Å². The van der Waals surface area contributed by atoms with Gasteiger partial charge in [-0.2, -0.15) is 5.10 Å². The summed E-state index contributed by atoms with van der Waals surface area (Å²) in [5.74, 6) is -1.08. The number of benzene rings is 1. The Morgan fingerprint density at radius 2 is 2.17 bits per heavy atom. The molecule has 3 aromatic rings. The van der Waals surface area contributed by atoms with Gasteiger partial charge in [-0.3, -0.25) is 0 Å². The average Bonchev–Trinajstić information content (AvgIpc) is 2.92. The maximum absolute atomic E-state index is 10.9. The lowest BCUT2D eigenvalue weighted by molar-refractivity contribution is 0.0702. The number of aromatic nitrogens is 3. The fourth-order valence-corrected chi connectivity index (χ4v) is 2.73. The zero-order valence-corrected chi connectivity index (χ0v) is 10.4. The summed E-state index contributed by atoms with van der Waals surface area (Å²) in [4.78, 5) is 15.0. The Labute approximate surface area is 110 Å². The van der Waals surface area contributed by atoms with E-state index in [0.29, 0.717) is 5.13 Å². The van der Waals surface area contributed by atoms with Crippen molar-refractivity contribution in [3.8, 4) is 5.13 Å². The van der Waals surface area contributed by atoms with Gasteiger partial charge in [-0.25, -0.2) is 14.5 Å². The molecule has 0 atom stereocenters. The number of para-hydroxylation sites is 1. The van der Waals surface area contributed by atoms with Crippen LogP contribution in [0.5, 0.6) is 0 Å². The summed E-state index contributed by atoms with van der Waals surface area (Å²) >= 11 is 6.78. The lowest BCUT2D eigenvalue weighted by Crippen LogP contribution is -1.94. The van der Waals surface area contributed by atoms with Crippen LogP contribution in [0.1, 0.15) is 9.67 Å². The molecule has 0 spiro atoms. The van der Waals surface area contributed by atoms with Gasteiger partial charge >= 0.3 is 5.97 Å². The molecule has 0 amide bonds. The number of nitrogens with zero attached hydrogens (tertiary/aromatic N) is 3. The number of carboxylic acid groups (broad SMARTS) is 1. The van der Waals surface area contributed by atoms with E-state index in [4.69, 9.17) is 16.7 Å². The molecule has 5 nitrogen and oxygen atoms in total. The van der Waals surface area contributed by atoms with Gasteiger partial charge in [0.15, 0.2) is 10.0 Å². The second-order valence-corrected chi connectivity index (χ2v) is 4.87. The summed E-state index contributed by atoms with van der Waals surface area (Å²) in [7, 11) is 0. The highest BCUT2D eigenvalue weighted by molar-refractivity contribution is 7.16. The molecule has 0 aliphatic heterocycles. The first-order valence-electron chi connectivity index (χ1n) is 4.99. The van der Waals surface area contributed by atoms with E-state index < -0.39 is 5.97 Å². The van der Waals surface area contributed by atoms with Crippen molar-refractivity contribution in [1.29, 1.82) is 0 Å². The molecule has 0 aliphatic carbocycles. The van der Waals surface area contributed by atoms with Gasteiger partial charge < -0.3 is 5.11 Å². The van der Waals surface area contributed by atoms with Crippen molar-refractivity contribution in [2.75, 3.05) is 0 Å². The van der Waals surface area contributed by atoms with Crippen molar-refractivity contribution in [2.45, 2.75) is 0 Å². The number of thiazole rings is 1. The molecule has 0 fully saturated rings. The summed E-state index contributed by atoms with van der Waals surface area (Å²) in [5, 5.41) is 14.5. The molecular weight excluding hydrogens is 274 g/mol. The van der Waals surface area contributed by atoms with Crippen LogP contribution >= 0.6 is 22.9 Å². The Kier molecular flexibility index (Phi) is 2.53. The molecule has 0 aliphatic rings. The number of carboxylic acids is 1. The molecule has 0 saturated heterocycles. The molecule has 0 radical (unpaired) electrons. The van der Waals surface area contributed by atoms with Crippen LogP contribution in [0.25, 0.3) is 16.0 Å². The number of aromatic carboxylic acids is 1. The van der Waals surface area contributed by atoms with Gasteiger partial charge in [0.1, 0.15) is 0 Å². The molecule has 0 unspecified atom stereocenters. The molecule has 1 N–H and O–H groups in total. The minimum absolute atomic E-state index is 0.0120. The van der Waals surface area contributed by atoms with Crippen LogP contribution in [0.3, 0.4) is 0 Å². The normalized spacial score (nSPS) is 10.9. The highest BCUT2D eigenvalue weighted by Gasteiger charge is 2.18. The molecule has 3 rings (SSSR count). The summed E-state index contributed by atoms with van der Waals surface area (Å²) in [6.07, 6.45) is 1.70. The monoisotopic (exact) mass is 279 g/mol. The number of carbonyl (C=O) groups is 1. The minimum Gasteiger partial charge on any atom is -0.477 e. The van der Waals surface area contributed by atoms with Gasteiger partial charge in [0.05, 0.1) is 11.7 Å². The Hall–Kier alpha value is -1.92. The predicted molar refractivity (Wildman–Crippen MR) is 68.7 cm³/mol. The van der Waals surface area contributed by atoms with E-state index in [2.05, 4.69) is 10.1 Å². The lowest BCUT2D eigenvalue weighted by Gasteiger charge is -1.96. The third-order valence-corrected chi connectivity index (χ3v) is 3.83. The Morgan fingerprint density at radius 3 is 2.89 bits per heavy atom. The SMILES string of the molecule is O=C(O)c1sc(-n2ncc3ccccc32)nc1Cl. The molecule has 0 bridgehead atoms. The number of rotatable bonds is 2. The summed E-state index contributed by atoms with van der Waals surface area (Å²) in [6, 6.07) is 7.60. The Bertz CT molecular complexity index is 750. The van der Waals surface area contributed by atoms with E-state index in [0.717, 1.165) is 22.2 Å². The third kappa shape index (κ3) is 1.66. The van der Waals surface area contributed by atoms with Crippen LogP contribution in [0.2, 0.25) is 5.15 Å². The van der Waals surface area contributed by atoms with Crippen LogP contribution in [0, 0.1) is 0 Å². The highest BCUT2D eigenvalue weighted by Crippen LogP contribution is 2.27. The smallest absolute Gasteiger partial charge is 0.349 e. The minimum atomic E-state index is -1.08. The van der Waals surface area contributed by atoms with Crippen LogP contribution in [-0.4, -0.2) is 25.8 Å². The van der Waals surface area contributed by atoms with E-state index in [-0.39, 0.29) is 10.0 Å². The fourth-order valence-electron chi connectivity index (χ4n) is 1.64. The van der Waals surface area contributed by atoms with Gasteiger partial charge in [-0.1, -0.05) is 41.1 Å². The van der Waals surface area contributed by atoms with E-state index in [9.17, 15) is 4.79 Å². The van der Waals surface area contributed by atoms with E-state index in [1.54, 1.807) is 10.9 Å². The molecule has 18 heavy (non-hydrogen) atoms. The fraction of sp³-hybridized carbons (Fsp3) is 0. The van der Waals surface area contributed by atoms with Crippen molar-refractivity contribution < 1.29 is 9.90 Å². The van der Waals surface area contributed by atoms with Crippen molar-refractivity contribution in [3.05, 3.63) is 40.5 Å². The standard InChI is InChI=1S/C11H6ClN3O2S/c12-9-8(10(16)17)18-11(14-9)15-7-4-2-1-3-6(7)5-13-15/h1-5H,(H,16,17). The second-order valence-electron chi connectivity index (χ2n) is 3.54. The largest absolute Gasteiger partial charge is 0.477 e. The quantitative estimate of drug-likeness (QED) is 0.783. The van der Waals surface area contributed by atoms with E-state index >= 15 is 0 Å². The first kappa shape index (κ1) is 11.2. The van der Waals surface area contributed by atoms with Crippen LogP contribution < -0.4 is 0 Å². The zero-order valence-electron chi connectivity index (χ0n) is 8.87. The topological polar surface area (TPSA) is 68.0 Å². The van der Waals surface area contributed by atoms with Gasteiger partial charge in [-0.05, 0) is 6.07 Å². The molecule has 90 valence electrons. The van der Waals surface area contributed by atoms with Gasteiger partial charge in [0.2, 0.25) is 5.13 Å². The van der Waals surface area contributed by atoms with Gasteiger partial charge in [0.25, 0.3) is 0 Å². The number of hydrogen-bond donors (Lipinski definition) is 1. The molecule has 7 heteroatoms. The predicted octanol–water partition coefficient (Wildman–Crippen LogP) is 2.83. The van der Waals surface area contributed by atoms with Crippen LogP contribution in [-0.2, 0) is 0 Å². The summed E-state index contributed by atoms with van der Waals surface area (Å²) in [5.41, 5.74) is 0.861. The zero-order chi connectivity index (χ0) is 12.7. The molecule has 0 saturated carbocycles. The van der Waals surface area contributed by atoms with Crippen molar-refractivity contribution in [3.63, 3.8) is 0 Å². The van der Waals surface area contributed by atoms with Crippen molar-refractivity contribution >= 4 is 39.8 Å². The molecule has 2 heterocycles. The Morgan fingerprint density at radius 1 is 1.39 bits per heavy atom. The van der Waals surface area contributed by atoms with E-state index in [1.807, 2.05) is 24.3 Å². The average molecular weight is 280 g/mol. The Balaban J connectivity index is 2.20. The number of halogens is 1.